The first-order chi connectivity index (χ1) is 8.02. The van der Waals surface area contributed by atoms with E-state index in [4.69, 9.17) is 0 Å². The predicted octanol–water partition coefficient (Wildman–Crippen LogP) is 0.0576. The molecule has 0 aliphatic carbocycles. The van der Waals surface area contributed by atoms with Crippen LogP contribution in [0.25, 0.3) is 0 Å². The van der Waals surface area contributed by atoms with Gasteiger partial charge in [0.2, 0.25) is 0 Å². The lowest BCUT2D eigenvalue weighted by Gasteiger charge is -2.12. The Labute approximate surface area is 112 Å². The van der Waals surface area contributed by atoms with Crippen molar-refractivity contribution in [3.8, 4) is 0 Å². The highest BCUT2D eigenvalue weighted by Gasteiger charge is 2.05. The zero-order chi connectivity index (χ0) is 12.8. The van der Waals surface area contributed by atoms with Gasteiger partial charge in [0, 0.05) is 27.2 Å². The fourth-order valence-electron chi connectivity index (χ4n) is 1.01. The lowest BCUT2D eigenvalue weighted by molar-refractivity contribution is 0.218. The van der Waals surface area contributed by atoms with Crippen molar-refractivity contribution in [1.82, 2.24) is 20.2 Å². The highest BCUT2D eigenvalue weighted by atomic mass is 127. The topological polar surface area (TPSA) is 90.1 Å². The van der Waals surface area contributed by atoms with E-state index in [0.29, 0.717) is 22.5 Å². The Morgan fingerprint density at radius 1 is 1.53 bits per heavy atom. The van der Waals surface area contributed by atoms with E-state index < -0.39 is 0 Å². The molecule has 0 aromatic carbocycles. The molecule has 1 heterocycles. The van der Waals surface area contributed by atoms with Gasteiger partial charge in [-0.3, -0.25) is 4.79 Å². The van der Waals surface area contributed by atoms with E-state index in [-0.39, 0.29) is 11.6 Å². The quantitative estimate of drug-likeness (QED) is 0.529. The molecule has 0 saturated heterocycles. The highest BCUT2D eigenvalue weighted by Crippen LogP contribution is 2.07. The second-order valence-corrected chi connectivity index (χ2v) is 4.53. The molecular weight excluding hydrogens is 337 g/mol. The number of amides is 2. The van der Waals surface area contributed by atoms with Crippen LogP contribution < -0.4 is 16.2 Å². The number of H-pyrrole nitrogens is 1. The summed E-state index contributed by atoms with van der Waals surface area (Å²) in [4.78, 5) is 30.4. The maximum absolute atomic E-state index is 11.3. The third-order valence-electron chi connectivity index (χ3n) is 1.90. The minimum atomic E-state index is -0.180. The first kappa shape index (κ1) is 13.7. The van der Waals surface area contributed by atoms with E-state index in [1.165, 1.54) is 11.2 Å². The van der Waals surface area contributed by atoms with Crippen molar-refractivity contribution in [3.63, 3.8) is 0 Å². The number of urea groups is 1. The van der Waals surface area contributed by atoms with Crippen LogP contribution in [0.3, 0.4) is 0 Å². The molecule has 0 fully saturated rings. The number of anilines is 1. The fourth-order valence-corrected chi connectivity index (χ4v) is 1.50. The number of halogens is 1. The van der Waals surface area contributed by atoms with Crippen LogP contribution in [0.4, 0.5) is 10.6 Å². The minimum Gasteiger partial charge on any atom is -0.367 e. The number of carbonyl (C=O) groups is 1. The monoisotopic (exact) mass is 351 g/mol. The Bertz CT molecular complexity index is 445. The molecule has 0 aliphatic heterocycles. The van der Waals surface area contributed by atoms with Crippen LogP contribution in [0.1, 0.15) is 0 Å². The lowest BCUT2D eigenvalue weighted by atomic mass is 10.5. The van der Waals surface area contributed by atoms with Gasteiger partial charge >= 0.3 is 6.03 Å². The van der Waals surface area contributed by atoms with Gasteiger partial charge in [-0.05, 0) is 22.6 Å². The summed E-state index contributed by atoms with van der Waals surface area (Å²) in [6.07, 6.45) is 1.34. The Hall–Kier alpha value is -1.32. The number of rotatable bonds is 4. The molecule has 0 bridgehead atoms. The first-order valence-electron chi connectivity index (χ1n) is 4.94. The molecule has 1 rings (SSSR count). The zero-order valence-electron chi connectivity index (χ0n) is 9.58. The van der Waals surface area contributed by atoms with Gasteiger partial charge in [-0.25, -0.2) is 9.78 Å². The van der Waals surface area contributed by atoms with Crippen LogP contribution in [0, 0.1) is 3.57 Å². The van der Waals surface area contributed by atoms with Crippen LogP contribution >= 0.6 is 22.6 Å². The van der Waals surface area contributed by atoms with Crippen LogP contribution in [-0.2, 0) is 0 Å². The number of nitrogens with zero attached hydrogens (tertiary/aromatic N) is 2. The zero-order valence-corrected chi connectivity index (χ0v) is 11.7. The number of aromatic nitrogens is 2. The summed E-state index contributed by atoms with van der Waals surface area (Å²) < 4.78 is 0.504. The van der Waals surface area contributed by atoms with E-state index in [1.54, 1.807) is 14.1 Å². The van der Waals surface area contributed by atoms with Gasteiger partial charge in [-0.2, -0.15) is 0 Å². The Morgan fingerprint density at radius 2 is 2.24 bits per heavy atom. The van der Waals surface area contributed by atoms with Gasteiger partial charge in [0.15, 0.2) is 0 Å². The molecular formula is C9H14IN5O2. The van der Waals surface area contributed by atoms with Crippen LogP contribution in [0.5, 0.6) is 0 Å². The van der Waals surface area contributed by atoms with Crippen molar-refractivity contribution in [2.24, 2.45) is 0 Å². The van der Waals surface area contributed by atoms with Gasteiger partial charge in [-0.1, -0.05) is 0 Å². The largest absolute Gasteiger partial charge is 0.367 e. The molecule has 1 aromatic rings. The molecule has 1 aromatic heterocycles. The van der Waals surface area contributed by atoms with Crippen molar-refractivity contribution in [1.29, 1.82) is 0 Å². The first-order valence-corrected chi connectivity index (χ1v) is 6.02. The Morgan fingerprint density at radius 3 is 2.88 bits per heavy atom. The fraction of sp³-hybridized carbons (Fsp3) is 0.444. The van der Waals surface area contributed by atoms with Gasteiger partial charge in [0.1, 0.15) is 9.39 Å². The summed E-state index contributed by atoms with van der Waals surface area (Å²) >= 11 is 1.92. The normalized spacial score (nSPS) is 9.82. The molecule has 0 atom stereocenters. The molecule has 2 amide bonds. The van der Waals surface area contributed by atoms with Crippen LogP contribution in [-0.4, -0.2) is 48.1 Å². The highest BCUT2D eigenvalue weighted by molar-refractivity contribution is 14.1. The van der Waals surface area contributed by atoms with E-state index in [0.717, 1.165) is 0 Å². The summed E-state index contributed by atoms with van der Waals surface area (Å²) in [7, 11) is 3.34. The summed E-state index contributed by atoms with van der Waals surface area (Å²) in [5.74, 6) is 0.522. The van der Waals surface area contributed by atoms with Gasteiger partial charge in [0.05, 0.1) is 6.33 Å². The number of hydrogen-bond acceptors (Lipinski definition) is 4. The molecule has 0 saturated carbocycles. The molecule has 0 spiro atoms. The molecule has 8 heteroatoms. The summed E-state index contributed by atoms with van der Waals surface area (Å²) in [5.41, 5.74) is -0.180. The molecule has 0 radical (unpaired) electrons. The number of carbonyl (C=O) groups excluding carboxylic acids is 1. The number of hydrogen-bond donors (Lipinski definition) is 3. The Kier molecular flexibility index (Phi) is 5.19. The average molecular weight is 351 g/mol. The molecule has 0 unspecified atom stereocenters. The van der Waals surface area contributed by atoms with E-state index in [2.05, 4.69) is 20.6 Å². The van der Waals surface area contributed by atoms with Crippen molar-refractivity contribution in [3.05, 3.63) is 20.3 Å². The average Bonchev–Trinajstić information content (AvgIpc) is 2.29. The summed E-state index contributed by atoms with van der Waals surface area (Å²) in [5, 5.41) is 5.67. The second kappa shape index (κ2) is 6.42. The molecule has 3 N–H and O–H groups in total. The summed E-state index contributed by atoms with van der Waals surface area (Å²) in [6, 6.07) is -0.152. The van der Waals surface area contributed by atoms with Gasteiger partial charge < -0.3 is 20.5 Å². The third-order valence-corrected chi connectivity index (χ3v) is 2.90. The van der Waals surface area contributed by atoms with E-state index >= 15 is 0 Å². The third kappa shape index (κ3) is 4.21. The lowest BCUT2D eigenvalue weighted by Crippen LogP contribution is -2.37. The SMILES string of the molecule is CN(C)C(=O)NCCNc1nc[nH]c(=O)c1I. The standard InChI is InChI=1S/C9H14IN5O2/c1-15(2)9(17)12-4-3-11-7-6(10)8(16)14-5-13-7/h5H,3-4H2,1-2H3,(H,12,17)(H2,11,13,14,16). The maximum Gasteiger partial charge on any atom is 0.316 e. The molecule has 0 aliphatic rings. The van der Waals surface area contributed by atoms with Crippen LogP contribution in [0.2, 0.25) is 0 Å². The minimum absolute atomic E-state index is 0.152. The number of nitrogens with one attached hydrogen (secondary N) is 3. The van der Waals surface area contributed by atoms with Gasteiger partial charge in [-0.15, -0.1) is 0 Å². The van der Waals surface area contributed by atoms with Gasteiger partial charge in [0.25, 0.3) is 5.56 Å². The van der Waals surface area contributed by atoms with Crippen molar-refractivity contribution in [2.45, 2.75) is 0 Å². The molecule has 94 valence electrons. The van der Waals surface area contributed by atoms with E-state index in [9.17, 15) is 9.59 Å². The maximum atomic E-state index is 11.3. The number of aromatic amines is 1. The second-order valence-electron chi connectivity index (χ2n) is 3.45. The predicted molar refractivity (Wildman–Crippen MR) is 73.2 cm³/mol. The molecule has 7 nitrogen and oxygen atoms in total. The molecule has 17 heavy (non-hydrogen) atoms. The van der Waals surface area contributed by atoms with E-state index in [1.807, 2.05) is 22.6 Å². The van der Waals surface area contributed by atoms with Crippen molar-refractivity contribution < 1.29 is 4.79 Å². The van der Waals surface area contributed by atoms with Crippen LogP contribution in [0.15, 0.2) is 11.1 Å². The summed E-state index contributed by atoms with van der Waals surface area (Å²) in [6.45, 7) is 0.966. The Balaban J connectivity index is 2.39. The van der Waals surface area contributed by atoms with Crippen molar-refractivity contribution >= 4 is 34.4 Å². The smallest absolute Gasteiger partial charge is 0.316 e. The van der Waals surface area contributed by atoms with Crippen molar-refractivity contribution in [2.75, 3.05) is 32.5 Å².